The molecule has 0 saturated carbocycles. The molecule has 2 atom stereocenters. The molecular formula is C6H13NO2. The third-order valence-electron chi connectivity index (χ3n) is 1.04. The lowest BCUT2D eigenvalue weighted by atomic mass is 10.2. The van der Waals surface area contributed by atoms with E-state index < -0.39 is 12.1 Å². The Morgan fingerprint density at radius 2 is 2.22 bits per heavy atom. The molecule has 0 spiro atoms. The van der Waals surface area contributed by atoms with E-state index in [-0.39, 0.29) is 6.61 Å². The van der Waals surface area contributed by atoms with Gasteiger partial charge in [0.05, 0.1) is 18.8 Å². The molecule has 3 heteroatoms. The van der Waals surface area contributed by atoms with Gasteiger partial charge in [-0.3, -0.25) is 0 Å². The van der Waals surface area contributed by atoms with Crippen LogP contribution in [0.2, 0.25) is 0 Å². The Labute approximate surface area is 54.8 Å². The summed E-state index contributed by atoms with van der Waals surface area (Å²) >= 11 is 0. The molecule has 0 unspecified atom stereocenters. The SMILES string of the molecule is C/C=C\[C@@H](O)[C@@H](N)CO. The quantitative estimate of drug-likeness (QED) is 0.441. The predicted octanol–water partition coefficient (Wildman–Crippen LogP) is -0.757. The van der Waals surface area contributed by atoms with Gasteiger partial charge in [-0.25, -0.2) is 0 Å². The van der Waals surface area contributed by atoms with Gasteiger partial charge in [-0.1, -0.05) is 12.2 Å². The number of nitrogens with two attached hydrogens (primary N) is 1. The van der Waals surface area contributed by atoms with Crippen LogP contribution in [0.5, 0.6) is 0 Å². The van der Waals surface area contributed by atoms with Crippen molar-refractivity contribution in [2.45, 2.75) is 19.1 Å². The van der Waals surface area contributed by atoms with E-state index in [1.165, 1.54) is 0 Å². The summed E-state index contributed by atoms with van der Waals surface area (Å²) in [7, 11) is 0. The molecule has 0 aliphatic rings. The van der Waals surface area contributed by atoms with Crippen molar-refractivity contribution in [2.24, 2.45) is 5.73 Å². The highest BCUT2D eigenvalue weighted by atomic mass is 16.3. The molecule has 0 heterocycles. The van der Waals surface area contributed by atoms with Gasteiger partial charge in [-0.15, -0.1) is 0 Å². The summed E-state index contributed by atoms with van der Waals surface area (Å²) in [6.07, 6.45) is 2.51. The maximum absolute atomic E-state index is 8.95. The number of allylic oxidation sites excluding steroid dienone is 1. The van der Waals surface area contributed by atoms with E-state index in [9.17, 15) is 0 Å². The highest BCUT2D eigenvalue weighted by Gasteiger charge is 2.07. The molecule has 4 N–H and O–H groups in total. The van der Waals surface area contributed by atoms with Crippen molar-refractivity contribution in [3.8, 4) is 0 Å². The molecule has 0 fully saturated rings. The fraction of sp³-hybridized carbons (Fsp3) is 0.667. The lowest BCUT2D eigenvalue weighted by Crippen LogP contribution is -2.36. The Bertz CT molecular complexity index is 93.1. The summed E-state index contributed by atoms with van der Waals surface area (Å²) in [6.45, 7) is 1.60. The lowest BCUT2D eigenvalue weighted by molar-refractivity contribution is 0.144. The van der Waals surface area contributed by atoms with Gasteiger partial charge >= 0.3 is 0 Å². The van der Waals surface area contributed by atoms with Crippen molar-refractivity contribution in [3.63, 3.8) is 0 Å². The molecule has 3 nitrogen and oxygen atoms in total. The van der Waals surface area contributed by atoms with E-state index in [2.05, 4.69) is 0 Å². The minimum absolute atomic E-state index is 0.189. The second-order valence-corrected chi connectivity index (χ2v) is 1.86. The van der Waals surface area contributed by atoms with E-state index in [0.29, 0.717) is 0 Å². The maximum Gasteiger partial charge on any atom is 0.0894 e. The molecule has 0 aliphatic carbocycles. The Hall–Kier alpha value is -0.380. The van der Waals surface area contributed by atoms with Crippen LogP contribution in [0, 0.1) is 0 Å². The normalized spacial score (nSPS) is 18.2. The summed E-state index contributed by atoms with van der Waals surface area (Å²) in [4.78, 5) is 0. The highest BCUT2D eigenvalue weighted by Crippen LogP contribution is 1.90. The molecule has 54 valence electrons. The standard InChI is InChI=1S/C6H13NO2/c1-2-3-6(9)5(7)4-8/h2-3,5-6,8-9H,4,7H2,1H3/b3-2-/t5-,6+/m0/s1. The van der Waals surface area contributed by atoms with E-state index in [1.54, 1.807) is 19.1 Å². The van der Waals surface area contributed by atoms with E-state index in [1.807, 2.05) is 0 Å². The molecule has 0 aliphatic heterocycles. The lowest BCUT2D eigenvalue weighted by Gasteiger charge is -2.10. The summed E-state index contributed by atoms with van der Waals surface area (Å²) in [6, 6.07) is -0.554. The van der Waals surface area contributed by atoms with Crippen molar-refractivity contribution in [1.82, 2.24) is 0 Å². The van der Waals surface area contributed by atoms with Crippen LogP contribution < -0.4 is 5.73 Å². The van der Waals surface area contributed by atoms with Crippen LogP contribution in [0.15, 0.2) is 12.2 Å². The first-order chi connectivity index (χ1) is 4.22. The minimum Gasteiger partial charge on any atom is -0.395 e. The molecule has 9 heavy (non-hydrogen) atoms. The number of rotatable bonds is 3. The molecule has 0 aromatic heterocycles. The summed E-state index contributed by atoms with van der Waals surface area (Å²) in [5, 5.41) is 17.4. The third-order valence-corrected chi connectivity index (χ3v) is 1.04. The van der Waals surface area contributed by atoms with Crippen molar-refractivity contribution in [1.29, 1.82) is 0 Å². The largest absolute Gasteiger partial charge is 0.395 e. The Kier molecular flexibility index (Phi) is 4.30. The average molecular weight is 131 g/mol. The Morgan fingerprint density at radius 1 is 1.67 bits per heavy atom. The fourth-order valence-corrected chi connectivity index (χ4v) is 0.448. The zero-order valence-corrected chi connectivity index (χ0v) is 5.49. The number of aliphatic hydroxyl groups excluding tert-OH is 2. The average Bonchev–Trinajstić information content (AvgIpc) is 1.87. The predicted molar refractivity (Wildman–Crippen MR) is 35.9 cm³/mol. The number of aliphatic hydroxyl groups is 2. The van der Waals surface area contributed by atoms with Crippen molar-refractivity contribution in [2.75, 3.05) is 6.61 Å². The van der Waals surface area contributed by atoms with Crippen molar-refractivity contribution < 1.29 is 10.2 Å². The molecule has 0 radical (unpaired) electrons. The first-order valence-electron chi connectivity index (χ1n) is 2.89. The fourth-order valence-electron chi connectivity index (χ4n) is 0.448. The third kappa shape index (κ3) is 3.24. The van der Waals surface area contributed by atoms with E-state index >= 15 is 0 Å². The monoisotopic (exact) mass is 131 g/mol. The molecule has 0 amide bonds. The highest BCUT2D eigenvalue weighted by molar-refractivity contribution is 4.91. The van der Waals surface area contributed by atoms with Crippen LogP contribution in [-0.2, 0) is 0 Å². The van der Waals surface area contributed by atoms with Crippen LogP contribution in [0.25, 0.3) is 0 Å². The van der Waals surface area contributed by atoms with Crippen LogP contribution in [0.1, 0.15) is 6.92 Å². The van der Waals surface area contributed by atoms with Crippen LogP contribution in [-0.4, -0.2) is 29.0 Å². The topological polar surface area (TPSA) is 66.5 Å². The number of hydrogen-bond donors (Lipinski definition) is 3. The molecule has 0 saturated heterocycles. The van der Waals surface area contributed by atoms with Gasteiger partial charge in [0.25, 0.3) is 0 Å². The van der Waals surface area contributed by atoms with Gasteiger partial charge in [-0.05, 0) is 6.92 Å². The molecule has 0 aromatic carbocycles. The first kappa shape index (κ1) is 8.62. The van der Waals surface area contributed by atoms with Gasteiger partial charge in [0.2, 0.25) is 0 Å². The van der Waals surface area contributed by atoms with Gasteiger partial charge in [0, 0.05) is 0 Å². The molecule has 0 rings (SSSR count). The second-order valence-electron chi connectivity index (χ2n) is 1.86. The van der Waals surface area contributed by atoms with Gasteiger partial charge < -0.3 is 15.9 Å². The molecular weight excluding hydrogens is 118 g/mol. The first-order valence-corrected chi connectivity index (χ1v) is 2.89. The number of hydrogen-bond acceptors (Lipinski definition) is 3. The maximum atomic E-state index is 8.95. The van der Waals surface area contributed by atoms with Crippen LogP contribution in [0.3, 0.4) is 0 Å². The van der Waals surface area contributed by atoms with Crippen molar-refractivity contribution >= 4 is 0 Å². The Balaban J connectivity index is 3.58. The summed E-state index contributed by atoms with van der Waals surface area (Å²) < 4.78 is 0. The van der Waals surface area contributed by atoms with E-state index in [4.69, 9.17) is 15.9 Å². The zero-order chi connectivity index (χ0) is 7.28. The smallest absolute Gasteiger partial charge is 0.0894 e. The molecule has 0 aromatic rings. The molecule has 0 bridgehead atoms. The van der Waals surface area contributed by atoms with Gasteiger partial charge in [-0.2, -0.15) is 0 Å². The van der Waals surface area contributed by atoms with Crippen LogP contribution >= 0.6 is 0 Å². The summed E-state index contributed by atoms with van der Waals surface area (Å²) in [5.41, 5.74) is 5.25. The second kappa shape index (κ2) is 4.49. The minimum atomic E-state index is -0.722. The Morgan fingerprint density at radius 3 is 2.56 bits per heavy atom. The van der Waals surface area contributed by atoms with Gasteiger partial charge in [0.15, 0.2) is 0 Å². The van der Waals surface area contributed by atoms with E-state index in [0.717, 1.165) is 0 Å². The van der Waals surface area contributed by atoms with Gasteiger partial charge in [0.1, 0.15) is 0 Å². The zero-order valence-electron chi connectivity index (χ0n) is 5.49. The van der Waals surface area contributed by atoms with Crippen molar-refractivity contribution in [3.05, 3.63) is 12.2 Å². The summed E-state index contributed by atoms with van der Waals surface area (Å²) in [5.74, 6) is 0. The van der Waals surface area contributed by atoms with Crippen LogP contribution in [0.4, 0.5) is 0 Å².